The van der Waals surface area contributed by atoms with Crippen LogP contribution in [0.4, 0.5) is 5.69 Å². The third-order valence-corrected chi connectivity index (χ3v) is 3.54. The van der Waals surface area contributed by atoms with Crippen LogP contribution < -0.4 is 5.32 Å². The minimum atomic E-state index is -0.348. The van der Waals surface area contributed by atoms with Gasteiger partial charge in [-0.25, -0.2) is 4.79 Å². The molecule has 0 aliphatic heterocycles. The lowest BCUT2D eigenvalue weighted by Gasteiger charge is -2.18. The summed E-state index contributed by atoms with van der Waals surface area (Å²) in [6.45, 7) is 3.96. The van der Waals surface area contributed by atoms with Crippen LogP contribution in [-0.4, -0.2) is 13.1 Å². The third kappa shape index (κ3) is 3.76. The number of ether oxygens (including phenoxy) is 1. The van der Waals surface area contributed by atoms with Crippen molar-refractivity contribution in [2.45, 2.75) is 19.9 Å². The topological polar surface area (TPSA) is 38.3 Å². The zero-order valence-electron chi connectivity index (χ0n) is 12.3. The van der Waals surface area contributed by atoms with Gasteiger partial charge in [-0.3, -0.25) is 0 Å². The number of anilines is 1. The molecule has 0 saturated heterocycles. The Bertz CT molecular complexity index is 655. The number of nitrogens with one attached hydrogen (secondary N) is 1. The summed E-state index contributed by atoms with van der Waals surface area (Å²) < 4.78 is 4.84. The Labute approximate surface area is 129 Å². The molecule has 2 rings (SSSR count). The molecular weight excluding hydrogens is 286 g/mol. The molecule has 1 unspecified atom stereocenters. The van der Waals surface area contributed by atoms with Crippen molar-refractivity contribution in [3.8, 4) is 0 Å². The molecule has 110 valence electrons. The molecule has 0 aromatic heterocycles. The number of carbonyl (C=O) groups is 1. The minimum absolute atomic E-state index is 0.0230. The van der Waals surface area contributed by atoms with Crippen LogP contribution in [0.3, 0.4) is 0 Å². The molecule has 0 radical (unpaired) electrons. The van der Waals surface area contributed by atoms with E-state index in [2.05, 4.69) is 5.32 Å². The summed E-state index contributed by atoms with van der Waals surface area (Å²) in [5, 5.41) is 4.03. The van der Waals surface area contributed by atoms with Crippen LogP contribution in [0.25, 0.3) is 0 Å². The maximum Gasteiger partial charge on any atom is 0.339 e. The van der Waals surface area contributed by atoms with Gasteiger partial charge in [0.15, 0.2) is 0 Å². The Balaban J connectivity index is 2.28. The lowest BCUT2D eigenvalue weighted by molar-refractivity contribution is 0.0601. The van der Waals surface area contributed by atoms with E-state index in [0.29, 0.717) is 10.6 Å². The number of carbonyl (C=O) groups excluding carboxylic acids is 1. The number of hydrogen-bond acceptors (Lipinski definition) is 3. The monoisotopic (exact) mass is 303 g/mol. The van der Waals surface area contributed by atoms with E-state index in [4.69, 9.17) is 16.3 Å². The van der Waals surface area contributed by atoms with Gasteiger partial charge in [-0.15, -0.1) is 0 Å². The van der Waals surface area contributed by atoms with Gasteiger partial charge in [-0.2, -0.15) is 0 Å². The summed E-state index contributed by atoms with van der Waals surface area (Å²) in [6, 6.07) is 13.3. The van der Waals surface area contributed by atoms with Crippen molar-refractivity contribution in [3.63, 3.8) is 0 Å². The summed E-state index contributed by atoms with van der Waals surface area (Å²) in [6.07, 6.45) is 0. The molecule has 4 heteroatoms. The van der Waals surface area contributed by atoms with E-state index in [1.807, 2.05) is 56.3 Å². The number of rotatable bonds is 4. The average molecular weight is 304 g/mol. The molecule has 21 heavy (non-hydrogen) atoms. The number of methoxy groups -OCH3 is 1. The number of aryl methyl sites for hydroxylation is 1. The van der Waals surface area contributed by atoms with Gasteiger partial charge in [0.05, 0.1) is 12.7 Å². The van der Waals surface area contributed by atoms with Crippen LogP contribution in [0.5, 0.6) is 0 Å². The van der Waals surface area contributed by atoms with Gasteiger partial charge in [0.25, 0.3) is 0 Å². The van der Waals surface area contributed by atoms with Crippen LogP contribution in [0.15, 0.2) is 42.5 Å². The smallest absolute Gasteiger partial charge is 0.339 e. The Hall–Kier alpha value is -2.00. The van der Waals surface area contributed by atoms with E-state index in [9.17, 15) is 4.79 Å². The molecule has 2 aromatic rings. The number of halogens is 1. The predicted molar refractivity (Wildman–Crippen MR) is 86.0 cm³/mol. The van der Waals surface area contributed by atoms with Gasteiger partial charge in [0.1, 0.15) is 0 Å². The van der Waals surface area contributed by atoms with Gasteiger partial charge < -0.3 is 10.1 Å². The summed E-state index contributed by atoms with van der Waals surface area (Å²) in [7, 11) is 1.38. The molecule has 0 aliphatic carbocycles. The SMILES string of the molecule is COC(=O)c1cc(C)ccc1NC(C)c1cccc(Cl)c1. The van der Waals surface area contributed by atoms with Crippen LogP contribution in [0.2, 0.25) is 5.02 Å². The Morgan fingerprint density at radius 3 is 2.67 bits per heavy atom. The van der Waals surface area contributed by atoms with Gasteiger partial charge in [-0.05, 0) is 43.7 Å². The average Bonchev–Trinajstić information content (AvgIpc) is 2.48. The van der Waals surface area contributed by atoms with Crippen molar-refractivity contribution in [1.29, 1.82) is 0 Å². The maximum atomic E-state index is 11.9. The number of hydrogen-bond donors (Lipinski definition) is 1. The molecule has 0 amide bonds. The first kappa shape index (κ1) is 15.4. The van der Waals surface area contributed by atoms with Crippen molar-refractivity contribution in [2.75, 3.05) is 12.4 Å². The highest BCUT2D eigenvalue weighted by Crippen LogP contribution is 2.25. The fraction of sp³-hybridized carbons (Fsp3) is 0.235. The zero-order valence-corrected chi connectivity index (χ0v) is 13.1. The van der Waals surface area contributed by atoms with Crippen LogP contribution in [-0.2, 0) is 4.74 Å². The molecule has 0 heterocycles. The molecule has 0 saturated carbocycles. The number of esters is 1. The van der Waals surface area contributed by atoms with Crippen LogP contribution in [0, 0.1) is 6.92 Å². The minimum Gasteiger partial charge on any atom is -0.465 e. The van der Waals surface area contributed by atoms with Crippen molar-refractivity contribution < 1.29 is 9.53 Å². The first-order chi connectivity index (χ1) is 10.0. The first-order valence-electron chi connectivity index (χ1n) is 6.72. The van der Waals surface area contributed by atoms with E-state index in [1.165, 1.54) is 7.11 Å². The second-order valence-corrected chi connectivity index (χ2v) is 5.40. The second kappa shape index (κ2) is 6.64. The standard InChI is InChI=1S/C17H18ClNO2/c1-11-7-8-16(15(9-11)17(20)21-3)19-12(2)13-5-4-6-14(18)10-13/h4-10,12,19H,1-3H3. The molecule has 0 spiro atoms. The fourth-order valence-corrected chi connectivity index (χ4v) is 2.35. The lowest BCUT2D eigenvalue weighted by Crippen LogP contribution is -2.12. The molecule has 2 aromatic carbocycles. The molecule has 3 nitrogen and oxygen atoms in total. The highest BCUT2D eigenvalue weighted by atomic mass is 35.5. The maximum absolute atomic E-state index is 11.9. The van der Waals surface area contributed by atoms with Gasteiger partial charge in [-0.1, -0.05) is 35.4 Å². The van der Waals surface area contributed by atoms with Crippen molar-refractivity contribution in [3.05, 3.63) is 64.2 Å². The summed E-state index contributed by atoms with van der Waals surface area (Å²) in [5.74, 6) is -0.348. The zero-order chi connectivity index (χ0) is 15.4. The van der Waals surface area contributed by atoms with Crippen LogP contribution in [0.1, 0.15) is 34.5 Å². The molecule has 1 N–H and O–H groups in total. The molecule has 0 aliphatic rings. The molecule has 0 fully saturated rings. The van der Waals surface area contributed by atoms with E-state index >= 15 is 0 Å². The Morgan fingerprint density at radius 1 is 1.24 bits per heavy atom. The van der Waals surface area contributed by atoms with Crippen molar-refractivity contribution in [2.24, 2.45) is 0 Å². The Kier molecular flexibility index (Phi) is 4.86. The molecule has 0 bridgehead atoms. The normalized spacial score (nSPS) is 11.8. The number of benzene rings is 2. The highest BCUT2D eigenvalue weighted by molar-refractivity contribution is 6.30. The summed E-state index contributed by atoms with van der Waals surface area (Å²) in [5.41, 5.74) is 3.35. The summed E-state index contributed by atoms with van der Waals surface area (Å²) in [4.78, 5) is 11.9. The van der Waals surface area contributed by atoms with Crippen molar-refractivity contribution >= 4 is 23.3 Å². The molecular formula is C17H18ClNO2. The second-order valence-electron chi connectivity index (χ2n) is 4.96. The third-order valence-electron chi connectivity index (χ3n) is 3.30. The lowest BCUT2D eigenvalue weighted by atomic mass is 10.1. The van der Waals surface area contributed by atoms with E-state index in [0.717, 1.165) is 16.8 Å². The van der Waals surface area contributed by atoms with E-state index in [1.54, 1.807) is 0 Å². The quantitative estimate of drug-likeness (QED) is 0.838. The van der Waals surface area contributed by atoms with Gasteiger partial charge in [0.2, 0.25) is 0 Å². The summed E-state index contributed by atoms with van der Waals surface area (Å²) >= 11 is 6.01. The first-order valence-corrected chi connectivity index (χ1v) is 7.10. The van der Waals surface area contributed by atoms with E-state index in [-0.39, 0.29) is 12.0 Å². The van der Waals surface area contributed by atoms with Crippen molar-refractivity contribution in [1.82, 2.24) is 0 Å². The predicted octanol–water partition coefficient (Wildman–Crippen LogP) is 4.61. The largest absolute Gasteiger partial charge is 0.465 e. The van der Waals surface area contributed by atoms with Gasteiger partial charge in [0, 0.05) is 16.8 Å². The Morgan fingerprint density at radius 2 is 2.00 bits per heavy atom. The van der Waals surface area contributed by atoms with Crippen LogP contribution >= 0.6 is 11.6 Å². The highest BCUT2D eigenvalue weighted by Gasteiger charge is 2.14. The molecule has 1 atom stereocenters. The van der Waals surface area contributed by atoms with Gasteiger partial charge >= 0.3 is 5.97 Å². The van der Waals surface area contributed by atoms with E-state index < -0.39 is 0 Å². The fourth-order valence-electron chi connectivity index (χ4n) is 2.16.